The second-order valence-corrected chi connectivity index (χ2v) is 6.27. The van der Waals surface area contributed by atoms with E-state index in [-0.39, 0.29) is 6.04 Å². The van der Waals surface area contributed by atoms with Crippen LogP contribution in [-0.4, -0.2) is 5.84 Å². The number of benzene rings is 3. The normalized spacial score (nSPS) is 15.6. The average Bonchev–Trinajstić information content (AvgIpc) is 2.76. The molecule has 0 bridgehead atoms. The van der Waals surface area contributed by atoms with Gasteiger partial charge in [0.15, 0.2) is 0 Å². The van der Waals surface area contributed by atoms with Crippen LogP contribution in [0.15, 0.2) is 96.0 Å². The van der Waals surface area contributed by atoms with Crippen LogP contribution in [-0.2, 0) is 0 Å². The molecule has 27 heavy (non-hydrogen) atoms. The summed E-state index contributed by atoms with van der Waals surface area (Å²) in [7, 11) is 0. The number of nitrogens with zero attached hydrogens (tertiary/aromatic N) is 1. The maximum Gasteiger partial charge on any atom is 0.133 e. The molecule has 136 valence electrons. The first-order valence-corrected chi connectivity index (χ1v) is 9.54. The van der Waals surface area contributed by atoms with Gasteiger partial charge in [-0.25, -0.2) is 0 Å². The summed E-state index contributed by atoms with van der Waals surface area (Å²) in [6, 6.07) is 29.3. The van der Waals surface area contributed by atoms with E-state index in [1.807, 2.05) is 38.1 Å². The number of aryl methyl sites for hydroxylation is 1. The molecule has 1 N–H and O–H groups in total. The molecular formula is C25H26N2. The fourth-order valence-corrected chi connectivity index (χ4v) is 3.09. The van der Waals surface area contributed by atoms with Crippen molar-refractivity contribution in [1.29, 1.82) is 0 Å². The van der Waals surface area contributed by atoms with Gasteiger partial charge in [-0.05, 0) is 24.1 Å². The van der Waals surface area contributed by atoms with Crippen LogP contribution in [0.2, 0.25) is 0 Å². The van der Waals surface area contributed by atoms with Crippen molar-refractivity contribution < 1.29 is 0 Å². The highest BCUT2D eigenvalue weighted by atomic mass is 15.0. The van der Waals surface area contributed by atoms with E-state index in [2.05, 4.69) is 79.0 Å². The molecule has 0 spiro atoms. The van der Waals surface area contributed by atoms with Crippen LogP contribution in [0.3, 0.4) is 0 Å². The highest BCUT2D eigenvalue weighted by Gasteiger charge is 2.18. The summed E-state index contributed by atoms with van der Waals surface area (Å²) in [6.07, 6.45) is 2.20. The minimum Gasteiger partial charge on any atom is -0.340 e. The molecule has 0 aromatic heterocycles. The van der Waals surface area contributed by atoms with E-state index in [1.165, 1.54) is 16.7 Å². The van der Waals surface area contributed by atoms with Gasteiger partial charge in [0, 0.05) is 11.3 Å². The Kier molecular flexibility index (Phi) is 6.22. The second kappa shape index (κ2) is 9.00. The number of rotatable bonds is 3. The van der Waals surface area contributed by atoms with Gasteiger partial charge < -0.3 is 5.32 Å². The molecule has 0 saturated heterocycles. The Morgan fingerprint density at radius 2 is 1.37 bits per heavy atom. The van der Waals surface area contributed by atoms with Gasteiger partial charge in [0.25, 0.3) is 0 Å². The molecular weight excluding hydrogens is 328 g/mol. The highest BCUT2D eigenvalue weighted by molar-refractivity contribution is 6.04. The molecule has 1 aliphatic heterocycles. The Morgan fingerprint density at radius 1 is 0.741 bits per heavy atom. The summed E-state index contributed by atoms with van der Waals surface area (Å²) in [5, 5.41) is 3.51. The molecule has 1 aliphatic rings. The quantitative estimate of drug-likeness (QED) is 0.599. The van der Waals surface area contributed by atoms with E-state index in [0.717, 1.165) is 17.1 Å². The number of aliphatic imine (C=N–C) groups is 1. The lowest BCUT2D eigenvalue weighted by atomic mass is 9.99. The van der Waals surface area contributed by atoms with Crippen molar-refractivity contribution in [1.82, 2.24) is 5.32 Å². The van der Waals surface area contributed by atoms with Crippen LogP contribution in [0, 0.1) is 6.92 Å². The lowest BCUT2D eigenvalue weighted by Crippen LogP contribution is -2.27. The van der Waals surface area contributed by atoms with E-state index in [4.69, 9.17) is 4.99 Å². The van der Waals surface area contributed by atoms with Crippen LogP contribution >= 0.6 is 0 Å². The van der Waals surface area contributed by atoms with Crippen LogP contribution < -0.4 is 5.32 Å². The van der Waals surface area contributed by atoms with E-state index in [1.54, 1.807) is 0 Å². The topological polar surface area (TPSA) is 24.4 Å². The summed E-state index contributed by atoms with van der Waals surface area (Å²) in [6.45, 7) is 6.12. The van der Waals surface area contributed by atoms with Gasteiger partial charge in [0.1, 0.15) is 5.84 Å². The summed E-state index contributed by atoms with van der Waals surface area (Å²) < 4.78 is 0. The molecule has 2 heteroatoms. The van der Waals surface area contributed by atoms with Crippen molar-refractivity contribution >= 4 is 11.5 Å². The third kappa shape index (κ3) is 4.53. The van der Waals surface area contributed by atoms with Crippen molar-refractivity contribution in [2.24, 2.45) is 4.99 Å². The smallest absolute Gasteiger partial charge is 0.133 e. The Balaban J connectivity index is 0.00000102. The van der Waals surface area contributed by atoms with E-state index >= 15 is 0 Å². The molecule has 4 rings (SSSR count). The zero-order valence-corrected chi connectivity index (χ0v) is 16.2. The van der Waals surface area contributed by atoms with Crippen molar-refractivity contribution in [3.8, 4) is 0 Å². The number of nitrogens with one attached hydrogen (secondary N) is 1. The first-order chi connectivity index (χ1) is 13.3. The maximum atomic E-state index is 4.97. The Labute approximate surface area is 162 Å². The van der Waals surface area contributed by atoms with Gasteiger partial charge in [0.05, 0.1) is 6.04 Å². The third-order valence-corrected chi connectivity index (χ3v) is 4.36. The number of hydrogen-bond donors (Lipinski definition) is 1. The molecule has 0 radical (unpaired) electrons. The maximum absolute atomic E-state index is 4.97. The van der Waals surface area contributed by atoms with Crippen LogP contribution in [0.4, 0.5) is 0 Å². The van der Waals surface area contributed by atoms with Gasteiger partial charge in [-0.3, -0.25) is 4.99 Å². The molecule has 0 fully saturated rings. The summed E-state index contributed by atoms with van der Waals surface area (Å²) >= 11 is 0. The van der Waals surface area contributed by atoms with Crippen molar-refractivity contribution in [2.45, 2.75) is 26.8 Å². The fourth-order valence-electron chi connectivity index (χ4n) is 3.09. The molecule has 1 heterocycles. The molecule has 1 atom stereocenters. The SMILES string of the molecule is CC.Cc1cccc(C2C=C(c3ccccc3)NC(c3ccccc3)=N2)c1. The van der Waals surface area contributed by atoms with Crippen molar-refractivity contribution in [3.05, 3.63) is 113 Å². The molecule has 0 aliphatic carbocycles. The third-order valence-electron chi connectivity index (χ3n) is 4.36. The highest BCUT2D eigenvalue weighted by Crippen LogP contribution is 2.28. The average molecular weight is 354 g/mol. The lowest BCUT2D eigenvalue weighted by molar-refractivity contribution is 0.878. The largest absolute Gasteiger partial charge is 0.340 e. The molecule has 0 amide bonds. The zero-order chi connectivity index (χ0) is 19.1. The van der Waals surface area contributed by atoms with Gasteiger partial charge in [-0.15, -0.1) is 0 Å². The van der Waals surface area contributed by atoms with Gasteiger partial charge in [-0.2, -0.15) is 0 Å². The molecule has 3 aromatic carbocycles. The fraction of sp³-hybridized carbons (Fsp3) is 0.160. The van der Waals surface area contributed by atoms with Crippen LogP contribution in [0.25, 0.3) is 5.70 Å². The number of hydrogen-bond acceptors (Lipinski definition) is 2. The Hall–Kier alpha value is -3.13. The minimum absolute atomic E-state index is 0.00608. The summed E-state index contributed by atoms with van der Waals surface area (Å²) in [5.74, 6) is 0.911. The lowest BCUT2D eigenvalue weighted by Gasteiger charge is -2.23. The molecule has 2 nitrogen and oxygen atoms in total. The Bertz CT molecular complexity index is 869. The van der Waals surface area contributed by atoms with E-state index in [9.17, 15) is 0 Å². The van der Waals surface area contributed by atoms with Crippen molar-refractivity contribution in [2.75, 3.05) is 0 Å². The van der Waals surface area contributed by atoms with Crippen LogP contribution in [0.5, 0.6) is 0 Å². The zero-order valence-electron chi connectivity index (χ0n) is 16.2. The number of amidine groups is 1. The predicted octanol–water partition coefficient (Wildman–Crippen LogP) is 6.15. The predicted molar refractivity (Wildman–Crippen MR) is 116 cm³/mol. The first-order valence-electron chi connectivity index (χ1n) is 9.54. The Morgan fingerprint density at radius 3 is 2.00 bits per heavy atom. The monoisotopic (exact) mass is 354 g/mol. The van der Waals surface area contributed by atoms with Gasteiger partial charge in [0.2, 0.25) is 0 Å². The first kappa shape index (κ1) is 18.7. The van der Waals surface area contributed by atoms with Gasteiger partial charge >= 0.3 is 0 Å². The second-order valence-electron chi connectivity index (χ2n) is 6.27. The molecule has 1 unspecified atom stereocenters. The van der Waals surface area contributed by atoms with Gasteiger partial charge in [-0.1, -0.05) is 104 Å². The van der Waals surface area contributed by atoms with E-state index < -0.39 is 0 Å². The van der Waals surface area contributed by atoms with Crippen molar-refractivity contribution in [3.63, 3.8) is 0 Å². The summed E-state index contributed by atoms with van der Waals surface area (Å²) in [5.41, 5.74) is 5.83. The molecule has 3 aromatic rings. The summed E-state index contributed by atoms with van der Waals surface area (Å²) in [4.78, 5) is 4.97. The standard InChI is InChI=1S/C23H20N2.C2H6/c1-17-9-8-14-20(15-17)22-16-21(18-10-4-2-5-11-18)24-23(25-22)19-12-6-3-7-13-19;1-2/h2-16,22H,1H3,(H,24,25);1-2H3. The van der Waals surface area contributed by atoms with Crippen LogP contribution in [0.1, 0.15) is 42.1 Å². The minimum atomic E-state index is 0.00608. The van der Waals surface area contributed by atoms with E-state index in [0.29, 0.717) is 0 Å². The molecule has 0 saturated carbocycles.